The Kier molecular flexibility index (Phi) is 2.45. The van der Waals surface area contributed by atoms with Gasteiger partial charge in [-0.3, -0.25) is 4.90 Å². The minimum absolute atomic E-state index is 0.0160. The molecular formula is C11H17NO4. The van der Waals surface area contributed by atoms with Crippen molar-refractivity contribution in [3.05, 3.63) is 0 Å². The molecule has 2 aliphatic rings. The van der Waals surface area contributed by atoms with Gasteiger partial charge in [0, 0.05) is 6.42 Å². The first kappa shape index (κ1) is 11.4. The summed E-state index contributed by atoms with van der Waals surface area (Å²) in [5, 5.41) is 0. The van der Waals surface area contributed by atoms with Gasteiger partial charge >= 0.3 is 6.09 Å². The van der Waals surface area contributed by atoms with Crippen molar-refractivity contribution in [2.24, 2.45) is 0 Å². The van der Waals surface area contributed by atoms with Crippen LogP contribution in [0, 0.1) is 0 Å². The molecular weight excluding hydrogens is 210 g/mol. The molecule has 2 fully saturated rings. The van der Waals surface area contributed by atoms with Gasteiger partial charge in [0.15, 0.2) is 0 Å². The molecule has 16 heavy (non-hydrogen) atoms. The molecule has 0 aliphatic carbocycles. The van der Waals surface area contributed by atoms with E-state index in [4.69, 9.17) is 9.47 Å². The summed E-state index contributed by atoms with van der Waals surface area (Å²) in [6.07, 6.45) is 0.961. The van der Waals surface area contributed by atoms with E-state index in [1.165, 1.54) is 4.90 Å². The lowest BCUT2D eigenvalue weighted by molar-refractivity contribution is -0.120. The molecule has 0 N–H and O–H groups in total. The van der Waals surface area contributed by atoms with Crippen molar-refractivity contribution < 1.29 is 19.1 Å². The lowest BCUT2D eigenvalue weighted by Crippen LogP contribution is -2.54. The molecule has 2 saturated heterocycles. The molecule has 0 radical (unpaired) electrons. The summed E-state index contributed by atoms with van der Waals surface area (Å²) in [6.45, 7) is 6.17. The first-order valence-corrected chi connectivity index (χ1v) is 5.45. The summed E-state index contributed by atoms with van der Waals surface area (Å²) in [5.41, 5.74) is -1.32. The molecule has 2 heterocycles. The molecule has 2 bridgehead atoms. The van der Waals surface area contributed by atoms with E-state index >= 15 is 0 Å². The van der Waals surface area contributed by atoms with Crippen molar-refractivity contribution in [3.63, 3.8) is 0 Å². The number of aldehydes is 1. The second-order valence-electron chi connectivity index (χ2n) is 5.45. The third-order valence-corrected chi connectivity index (χ3v) is 2.91. The van der Waals surface area contributed by atoms with Crippen molar-refractivity contribution in [1.29, 1.82) is 0 Å². The largest absolute Gasteiger partial charge is 0.444 e. The Bertz CT molecular complexity index is 322. The highest BCUT2D eigenvalue weighted by molar-refractivity contribution is 5.78. The third-order valence-electron chi connectivity index (χ3n) is 2.91. The van der Waals surface area contributed by atoms with E-state index in [0.717, 1.165) is 6.29 Å². The molecule has 0 spiro atoms. The van der Waals surface area contributed by atoms with Gasteiger partial charge < -0.3 is 14.3 Å². The summed E-state index contributed by atoms with van der Waals surface area (Å²) in [7, 11) is 0. The van der Waals surface area contributed by atoms with Crippen LogP contribution in [0.2, 0.25) is 0 Å². The van der Waals surface area contributed by atoms with E-state index in [9.17, 15) is 9.59 Å². The average molecular weight is 227 g/mol. The van der Waals surface area contributed by atoms with E-state index < -0.39 is 17.2 Å². The van der Waals surface area contributed by atoms with Crippen LogP contribution in [0.25, 0.3) is 0 Å². The van der Waals surface area contributed by atoms with Crippen LogP contribution < -0.4 is 0 Å². The normalized spacial score (nSPS) is 32.9. The van der Waals surface area contributed by atoms with Crippen LogP contribution in [0.3, 0.4) is 0 Å². The zero-order valence-electron chi connectivity index (χ0n) is 9.86. The fourth-order valence-electron chi connectivity index (χ4n) is 2.18. The fourth-order valence-corrected chi connectivity index (χ4v) is 2.18. The molecule has 90 valence electrons. The Morgan fingerprint density at radius 1 is 1.56 bits per heavy atom. The van der Waals surface area contributed by atoms with Crippen molar-refractivity contribution in [2.45, 2.75) is 44.4 Å². The average Bonchev–Trinajstić information content (AvgIpc) is 2.72. The van der Waals surface area contributed by atoms with E-state index in [-0.39, 0.29) is 6.10 Å². The molecule has 0 aromatic rings. The van der Waals surface area contributed by atoms with Crippen LogP contribution in [0.1, 0.15) is 27.2 Å². The summed E-state index contributed by atoms with van der Waals surface area (Å²) >= 11 is 0. The number of hydrogen-bond acceptors (Lipinski definition) is 4. The number of amides is 1. The van der Waals surface area contributed by atoms with Crippen LogP contribution in [-0.2, 0) is 14.3 Å². The number of ether oxygens (including phenoxy) is 2. The first-order chi connectivity index (χ1) is 7.36. The van der Waals surface area contributed by atoms with Crippen molar-refractivity contribution in [3.8, 4) is 0 Å². The molecule has 1 amide bonds. The Labute approximate surface area is 94.7 Å². The number of carbonyl (C=O) groups is 2. The Morgan fingerprint density at radius 3 is 2.75 bits per heavy atom. The van der Waals surface area contributed by atoms with Gasteiger partial charge in [-0.05, 0) is 20.8 Å². The van der Waals surface area contributed by atoms with Crippen molar-refractivity contribution >= 4 is 12.4 Å². The number of fused-ring (bicyclic) bond motifs is 2. The highest BCUT2D eigenvalue weighted by atomic mass is 16.6. The zero-order chi connectivity index (χ0) is 12.0. The maximum atomic E-state index is 11.9. The smallest absolute Gasteiger partial charge is 0.411 e. The van der Waals surface area contributed by atoms with Crippen molar-refractivity contribution in [1.82, 2.24) is 4.90 Å². The molecule has 2 aliphatic heterocycles. The van der Waals surface area contributed by atoms with Gasteiger partial charge in [-0.1, -0.05) is 0 Å². The van der Waals surface area contributed by atoms with Gasteiger partial charge in [0.05, 0.1) is 19.3 Å². The van der Waals surface area contributed by atoms with E-state index in [1.807, 2.05) is 20.8 Å². The maximum Gasteiger partial charge on any atom is 0.411 e. The fraction of sp³-hybridized carbons (Fsp3) is 0.818. The number of carbonyl (C=O) groups excluding carboxylic acids is 2. The van der Waals surface area contributed by atoms with Gasteiger partial charge in [0.1, 0.15) is 17.4 Å². The summed E-state index contributed by atoms with van der Waals surface area (Å²) in [4.78, 5) is 24.5. The molecule has 0 unspecified atom stereocenters. The standard InChI is InChI=1S/C11H17NO4/c1-10(2,3)16-9(14)12-5-8-4-11(12,6-13)7-15-8/h6,8H,4-5,7H2,1-3H3/t8-,11+/m0/s1. The van der Waals surface area contributed by atoms with Crippen LogP contribution in [0.4, 0.5) is 4.79 Å². The SMILES string of the molecule is CC(C)(C)OC(=O)N1C[C@@H]2C[C@@]1(C=O)CO2. The monoisotopic (exact) mass is 227 g/mol. The molecule has 5 heteroatoms. The lowest BCUT2D eigenvalue weighted by Gasteiger charge is -2.35. The third kappa shape index (κ3) is 1.80. The lowest BCUT2D eigenvalue weighted by atomic mass is 10.0. The van der Waals surface area contributed by atoms with Gasteiger partial charge in [-0.25, -0.2) is 4.79 Å². The topological polar surface area (TPSA) is 55.8 Å². The Balaban J connectivity index is 2.11. The molecule has 0 saturated carbocycles. The van der Waals surface area contributed by atoms with Crippen LogP contribution >= 0.6 is 0 Å². The summed E-state index contributed by atoms with van der Waals surface area (Å²) in [6, 6.07) is 0. The quantitative estimate of drug-likeness (QED) is 0.626. The summed E-state index contributed by atoms with van der Waals surface area (Å²) < 4.78 is 10.6. The second-order valence-corrected chi connectivity index (χ2v) is 5.45. The van der Waals surface area contributed by atoms with Crippen LogP contribution in [-0.4, -0.2) is 47.7 Å². The number of likely N-dealkylation sites (tertiary alicyclic amines) is 1. The molecule has 0 aromatic carbocycles. The predicted octanol–water partition coefficient (Wildman–Crippen LogP) is 0.964. The highest BCUT2D eigenvalue weighted by Crippen LogP contribution is 2.37. The van der Waals surface area contributed by atoms with Crippen LogP contribution in [0.5, 0.6) is 0 Å². The van der Waals surface area contributed by atoms with Gasteiger partial charge in [0.2, 0.25) is 0 Å². The maximum absolute atomic E-state index is 11.9. The minimum Gasteiger partial charge on any atom is -0.444 e. The Hall–Kier alpha value is -1.10. The molecule has 2 atom stereocenters. The highest BCUT2D eigenvalue weighted by Gasteiger charge is 2.55. The summed E-state index contributed by atoms with van der Waals surface area (Å²) in [5.74, 6) is 0. The minimum atomic E-state index is -0.785. The number of hydrogen-bond donors (Lipinski definition) is 0. The van der Waals surface area contributed by atoms with E-state index in [2.05, 4.69) is 0 Å². The second kappa shape index (κ2) is 3.45. The predicted molar refractivity (Wildman–Crippen MR) is 56.1 cm³/mol. The zero-order valence-corrected chi connectivity index (χ0v) is 9.86. The molecule has 2 rings (SSSR count). The number of rotatable bonds is 1. The first-order valence-electron chi connectivity index (χ1n) is 5.45. The molecule has 5 nitrogen and oxygen atoms in total. The number of morpholine rings is 1. The van der Waals surface area contributed by atoms with Gasteiger partial charge in [-0.2, -0.15) is 0 Å². The molecule has 0 aromatic heterocycles. The van der Waals surface area contributed by atoms with Crippen LogP contribution in [0.15, 0.2) is 0 Å². The number of nitrogens with zero attached hydrogens (tertiary/aromatic N) is 1. The Morgan fingerprint density at radius 2 is 2.25 bits per heavy atom. The van der Waals surface area contributed by atoms with E-state index in [1.54, 1.807) is 0 Å². The van der Waals surface area contributed by atoms with Gasteiger partial charge in [-0.15, -0.1) is 0 Å². The van der Waals surface area contributed by atoms with E-state index in [0.29, 0.717) is 19.6 Å². The van der Waals surface area contributed by atoms with Gasteiger partial charge in [0.25, 0.3) is 0 Å². The van der Waals surface area contributed by atoms with Crippen molar-refractivity contribution in [2.75, 3.05) is 13.2 Å².